The van der Waals surface area contributed by atoms with Crippen LogP contribution in [0.15, 0.2) is 53.4 Å². The smallest absolute Gasteiger partial charge is 0.321 e. The van der Waals surface area contributed by atoms with Gasteiger partial charge in [0, 0.05) is 5.56 Å². The van der Waals surface area contributed by atoms with Crippen LogP contribution in [0.25, 0.3) is 0 Å². The predicted molar refractivity (Wildman–Crippen MR) is 92.6 cm³/mol. The molecule has 0 saturated carbocycles. The fourth-order valence-corrected chi connectivity index (χ4v) is 2.97. The van der Waals surface area contributed by atoms with E-state index in [1.54, 1.807) is 0 Å². The second kappa shape index (κ2) is 8.04. The third-order valence-corrected chi connectivity index (χ3v) is 4.92. The summed E-state index contributed by atoms with van der Waals surface area (Å²) >= 11 is 0. The molecule has 2 aromatic carbocycles. The van der Waals surface area contributed by atoms with Crippen LogP contribution in [0, 0.1) is 6.92 Å². The Hall–Kier alpha value is -2.51. The van der Waals surface area contributed by atoms with E-state index in [2.05, 4.69) is 4.72 Å². The van der Waals surface area contributed by atoms with Crippen LogP contribution in [0.5, 0.6) is 0 Å². The van der Waals surface area contributed by atoms with Crippen molar-refractivity contribution in [3.8, 4) is 0 Å². The molecular formula is C18H19NO5S. The lowest BCUT2D eigenvalue weighted by Crippen LogP contribution is -2.30. The molecule has 0 heterocycles. The molecule has 0 aromatic heterocycles. The number of Topliss-reactive ketones (excluding diaryl/α,β-unsaturated/α-hetero) is 1. The maximum Gasteiger partial charge on any atom is 0.321 e. The minimum atomic E-state index is -3.85. The third kappa shape index (κ3) is 5.51. The van der Waals surface area contributed by atoms with Gasteiger partial charge in [0.2, 0.25) is 10.0 Å². The lowest BCUT2D eigenvalue weighted by Gasteiger charge is -2.08. The Balaban J connectivity index is 1.89. The highest BCUT2D eigenvalue weighted by Gasteiger charge is 2.16. The lowest BCUT2D eigenvalue weighted by molar-refractivity contribution is -0.143. The molecule has 6 nitrogen and oxygen atoms in total. The molecule has 2 aromatic rings. The highest BCUT2D eigenvalue weighted by molar-refractivity contribution is 7.89. The van der Waals surface area contributed by atoms with Crippen LogP contribution < -0.4 is 4.72 Å². The zero-order valence-electron chi connectivity index (χ0n) is 14.0. The Morgan fingerprint density at radius 2 is 1.60 bits per heavy atom. The molecule has 0 bridgehead atoms. The van der Waals surface area contributed by atoms with Crippen LogP contribution in [0.4, 0.5) is 0 Å². The van der Waals surface area contributed by atoms with Gasteiger partial charge in [0.25, 0.3) is 0 Å². The second-order valence-electron chi connectivity index (χ2n) is 5.55. The summed E-state index contributed by atoms with van der Waals surface area (Å²) in [6, 6.07) is 13.0. The molecule has 7 heteroatoms. The summed E-state index contributed by atoms with van der Waals surface area (Å²) in [7, 11) is -3.85. The average molecular weight is 361 g/mol. The monoisotopic (exact) mass is 361 g/mol. The number of ketones is 1. The van der Waals surface area contributed by atoms with Crippen molar-refractivity contribution in [2.45, 2.75) is 25.3 Å². The summed E-state index contributed by atoms with van der Waals surface area (Å²) in [5.74, 6) is -0.832. The summed E-state index contributed by atoms with van der Waals surface area (Å²) in [4.78, 5) is 22.9. The number of hydrogen-bond donors (Lipinski definition) is 1. The van der Waals surface area contributed by atoms with E-state index in [1.165, 1.54) is 31.2 Å². The number of nitrogens with one attached hydrogen (secondary N) is 1. The summed E-state index contributed by atoms with van der Waals surface area (Å²) < 4.78 is 31.5. The first kappa shape index (κ1) is 18.8. The molecule has 0 saturated heterocycles. The maximum atomic E-state index is 12.1. The molecule has 132 valence electrons. The van der Waals surface area contributed by atoms with E-state index < -0.39 is 22.5 Å². The first-order valence-electron chi connectivity index (χ1n) is 7.60. The van der Waals surface area contributed by atoms with E-state index in [4.69, 9.17) is 4.74 Å². The number of rotatable bonds is 7. The number of ether oxygens (including phenoxy) is 1. The average Bonchev–Trinajstić information content (AvgIpc) is 2.59. The largest absolute Gasteiger partial charge is 0.460 e. The number of aryl methyl sites for hydroxylation is 1. The molecule has 0 aliphatic heterocycles. The second-order valence-corrected chi connectivity index (χ2v) is 7.32. The molecule has 0 unspecified atom stereocenters. The van der Waals surface area contributed by atoms with Crippen LogP contribution in [-0.2, 0) is 26.2 Å². The Bertz CT molecular complexity index is 855. The van der Waals surface area contributed by atoms with Gasteiger partial charge in [0.15, 0.2) is 5.78 Å². The molecule has 0 atom stereocenters. The quantitative estimate of drug-likeness (QED) is 0.603. The third-order valence-electron chi connectivity index (χ3n) is 3.50. The van der Waals surface area contributed by atoms with Crippen LogP contribution >= 0.6 is 0 Å². The van der Waals surface area contributed by atoms with Crippen LogP contribution in [0.1, 0.15) is 28.4 Å². The van der Waals surface area contributed by atoms with Gasteiger partial charge in [-0.25, -0.2) is 8.42 Å². The molecule has 0 radical (unpaired) electrons. The molecule has 0 fully saturated rings. The van der Waals surface area contributed by atoms with Crippen molar-refractivity contribution in [3.63, 3.8) is 0 Å². The van der Waals surface area contributed by atoms with Crippen molar-refractivity contribution in [1.82, 2.24) is 4.72 Å². The van der Waals surface area contributed by atoms with Crippen molar-refractivity contribution >= 4 is 21.8 Å². The Morgan fingerprint density at radius 3 is 2.16 bits per heavy atom. The van der Waals surface area contributed by atoms with Gasteiger partial charge in [-0.3, -0.25) is 9.59 Å². The molecule has 25 heavy (non-hydrogen) atoms. The molecule has 0 aliphatic rings. The maximum absolute atomic E-state index is 12.1. The van der Waals surface area contributed by atoms with E-state index in [0.29, 0.717) is 5.56 Å². The van der Waals surface area contributed by atoms with Gasteiger partial charge in [-0.15, -0.1) is 0 Å². The number of carbonyl (C=O) groups excluding carboxylic acids is 2. The molecule has 0 spiro atoms. The van der Waals surface area contributed by atoms with Crippen molar-refractivity contribution < 1.29 is 22.7 Å². The van der Waals surface area contributed by atoms with E-state index >= 15 is 0 Å². The van der Waals surface area contributed by atoms with E-state index in [9.17, 15) is 18.0 Å². The molecular weight excluding hydrogens is 342 g/mol. The van der Waals surface area contributed by atoms with Crippen LogP contribution in [0.2, 0.25) is 0 Å². The first-order valence-corrected chi connectivity index (χ1v) is 9.08. The number of esters is 1. The first-order chi connectivity index (χ1) is 11.8. The number of hydrogen-bond acceptors (Lipinski definition) is 5. The van der Waals surface area contributed by atoms with E-state index in [1.807, 2.05) is 31.2 Å². The Morgan fingerprint density at radius 1 is 1.00 bits per heavy atom. The molecule has 0 aliphatic carbocycles. The summed E-state index contributed by atoms with van der Waals surface area (Å²) in [5.41, 5.74) is 2.33. The standard InChI is InChI=1S/C18H19NO5S/c1-13-3-5-15(6-4-13)12-24-18(21)11-19-25(22,23)17-9-7-16(8-10-17)14(2)20/h3-10,19H,11-12H2,1-2H3. The molecule has 1 N–H and O–H groups in total. The Kier molecular flexibility index (Phi) is 6.06. The van der Waals surface area contributed by atoms with Gasteiger partial charge in [-0.05, 0) is 31.5 Å². The van der Waals surface area contributed by atoms with Gasteiger partial charge in [-0.2, -0.15) is 4.72 Å². The zero-order valence-corrected chi connectivity index (χ0v) is 14.8. The molecule has 2 rings (SSSR count). The highest BCUT2D eigenvalue weighted by atomic mass is 32.2. The van der Waals surface area contributed by atoms with Crippen molar-refractivity contribution in [1.29, 1.82) is 0 Å². The van der Waals surface area contributed by atoms with Crippen molar-refractivity contribution in [2.75, 3.05) is 6.54 Å². The van der Waals surface area contributed by atoms with Gasteiger partial charge < -0.3 is 4.74 Å². The number of benzene rings is 2. The highest BCUT2D eigenvalue weighted by Crippen LogP contribution is 2.11. The van der Waals surface area contributed by atoms with E-state index in [-0.39, 0.29) is 17.3 Å². The number of carbonyl (C=O) groups is 2. The van der Waals surface area contributed by atoms with Crippen LogP contribution in [-0.4, -0.2) is 26.7 Å². The van der Waals surface area contributed by atoms with Crippen molar-refractivity contribution in [2.24, 2.45) is 0 Å². The number of sulfonamides is 1. The minimum Gasteiger partial charge on any atom is -0.460 e. The fraction of sp³-hybridized carbons (Fsp3) is 0.222. The minimum absolute atomic E-state index is 0.0242. The molecule has 0 amide bonds. The summed E-state index contributed by atoms with van der Waals surface area (Å²) in [6.45, 7) is 2.95. The predicted octanol–water partition coefficient (Wildman–Crippen LogP) is 2.22. The normalized spacial score (nSPS) is 11.1. The van der Waals surface area contributed by atoms with Gasteiger partial charge in [0.05, 0.1) is 4.90 Å². The SMILES string of the molecule is CC(=O)c1ccc(S(=O)(=O)NCC(=O)OCc2ccc(C)cc2)cc1. The van der Waals surface area contributed by atoms with Crippen molar-refractivity contribution in [3.05, 3.63) is 65.2 Å². The van der Waals surface area contributed by atoms with Gasteiger partial charge >= 0.3 is 5.97 Å². The van der Waals surface area contributed by atoms with Gasteiger partial charge in [-0.1, -0.05) is 42.0 Å². The zero-order chi connectivity index (χ0) is 18.4. The van der Waals surface area contributed by atoms with Crippen LogP contribution in [0.3, 0.4) is 0 Å². The van der Waals surface area contributed by atoms with E-state index in [0.717, 1.165) is 11.1 Å². The topological polar surface area (TPSA) is 89.5 Å². The Labute approximate surface area is 146 Å². The fourth-order valence-electron chi connectivity index (χ4n) is 2.01. The van der Waals surface area contributed by atoms with Gasteiger partial charge in [0.1, 0.15) is 13.2 Å². The summed E-state index contributed by atoms with van der Waals surface area (Å²) in [5, 5.41) is 0. The lowest BCUT2D eigenvalue weighted by atomic mass is 10.2. The summed E-state index contributed by atoms with van der Waals surface area (Å²) in [6.07, 6.45) is 0.